The van der Waals surface area contributed by atoms with E-state index in [1.54, 1.807) is 19.1 Å². The number of carboxylic acids is 1. The van der Waals surface area contributed by atoms with Gasteiger partial charge in [0.25, 0.3) is 0 Å². The Bertz CT molecular complexity index is 290. The molecule has 0 saturated heterocycles. The first-order chi connectivity index (χ1) is 5.75. The minimum Gasteiger partial charge on any atom is -0.543 e. The Morgan fingerprint density at radius 3 is 2.92 bits per heavy atom. The summed E-state index contributed by atoms with van der Waals surface area (Å²) in [5.74, 6) is -1.07. The molecule has 4 nitrogen and oxygen atoms in total. The largest absolute Gasteiger partial charge is 1.00 e. The number of hydrogen-bond donors (Lipinski definition) is 0. The Kier molecular flexibility index (Phi) is 6.53. The van der Waals surface area contributed by atoms with Crippen molar-refractivity contribution >= 4 is 5.97 Å². The predicted octanol–water partition coefficient (Wildman–Crippen LogP) is -3.15. The molecule has 13 heavy (non-hydrogen) atoms. The monoisotopic (exact) mass is 205 g/mol. The Balaban J connectivity index is 0.00000144. The summed E-state index contributed by atoms with van der Waals surface area (Å²) in [4.78, 5) is 14.1. The second-order valence-corrected chi connectivity index (χ2v) is 2.07. The van der Waals surface area contributed by atoms with Crippen LogP contribution >= 0.6 is 0 Å². The maximum Gasteiger partial charge on any atom is 1.00 e. The van der Waals surface area contributed by atoms with Gasteiger partial charge in [0.15, 0.2) is 0 Å². The molecule has 0 fully saturated rings. The molecule has 0 aromatic carbocycles. The number of carbonyl (C=O) groups is 1. The zero-order chi connectivity index (χ0) is 8.97. The summed E-state index contributed by atoms with van der Waals surface area (Å²) in [5.41, 5.74) is -0.153. The first kappa shape index (κ1) is 13.1. The zero-order valence-corrected chi connectivity index (χ0v) is 10.7. The maximum absolute atomic E-state index is 10.4. The first-order valence-corrected chi connectivity index (χ1v) is 3.55. The van der Waals surface area contributed by atoms with E-state index in [0.717, 1.165) is 0 Å². The number of aromatic nitrogens is 1. The standard InChI is InChI=1S/C8H9NO3.K/c1-2-12-6-4-3-5-9-7(6)8(10)11;/h3-5H,2H2,1H3,(H,10,11);/q;+1/p-1. The predicted molar refractivity (Wildman–Crippen MR) is 39.7 cm³/mol. The smallest absolute Gasteiger partial charge is 0.543 e. The van der Waals surface area contributed by atoms with Gasteiger partial charge in [0, 0.05) is 6.20 Å². The van der Waals surface area contributed by atoms with Gasteiger partial charge in [-0.05, 0) is 19.1 Å². The number of nitrogens with zero attached hydrogens (tertiary/aromatic N) is 1. The van der Waals surface area contributed by atoms with E-state index in [-0.39, 0.29) is 62.8 Å². The normalized spacial score (nSPS) is 8.69. The van der Waals surface area contributed by atoms with Crippen molar-refractivity contribution in [2.75, 3.05) is 6.61 Å². The van der Waals surface area contributed by atoms with E-state index >= 15 is 0 Å². The van der Waals surface area contributed by atoms with Crippen LogP contribution in [-0.2, 0) is 0 Å². The van der Waals surface area contributed by atoms with Crippen LogP contribution in [-0.4, -0.2) is 17.6 Å². The molecule has 0 aliphatic carbocycles. The van der Waals surface area contributed by atoms with Gasteiger partial charge in [-0.2, -0.15) is 0 Å². The number of carboxylic acid groups (broad SMARTS) is 1. The van der Waals surface area contributed by atoms with Crippen molar-refractivity contribution in [3.63, 3.8) is 0 Å². The number of carbonyl (C=O) groups excluding carboxylic acids is 1. The Morgan fingerprint density at radius 1 is 1.69 bits per heavy atom. The second-order valence-electron chi connectivity index (χ2n) is 2.07. The molecular weight excluding hydrogens is 197 g/mol. The van der Waals surface area contributed by atoms with E-state index in [9.17, 15) is 9.90 Å². The minimum absolute atomic E-state index is 0. The molecule has 5 heteroatoms. The molecule has 0 spiro atoms. The molecule has 1 aromatic heterocycles. The fourth-order valence-electron chi connectivity index (χ4n) is 0.816. The van der Waals surface area contributed by atoms with Crippen LogP contribution < -0.4 is 61.2 Å². The van der Waals surface area contributed by atoms with Crippen LogP contribution in [0.1, 0.15) is 17.4 Å². The van der Waals surface area contributed by atoms with Gasteiger partial charge < -0.3 is 14.6 Å². The first-order valence-electron chi connectivity index (χ1n) is 3.55. The van der Waals surface area contributed by atoms with Gasteiger partial charge in [-0.3, -0.25) is 4.98 Å². The molecular formula is C8H8KNO3. The van der Waals surface area contributed by atoms with Crippen LogP contribution in [0.2, 0.25) is 0 Å². The third-order valence-electron chi connectivity index (χ3n) is 1.26. The number of pyridine rings is 1. The number of ether oxygens (including phenoxy) is 1. The van der Waals surface area contributed by atoms with E-state index in [0.29, 0.717) is 6.61 Å². The number of aromatic carboxylic acids is 1. The SMILES string of the molecule is CCOc1cccnc1C(=O)[O-].[K+]. The van der Waals surface area contributed by atoms with Crippen LogP contribution in [0.25, 0.3) is 0 Å². The van der Waals surface area contributed by atoms with Gasteiger partial charge in [-0.25, -0.2) is 0 Å². The van der Waals surface area contributed by atoms with Gasteiger partial charge >= 0.3 is 51.4 Å². The third-order valence-corrected chi connectivity index (χ3v) is 1.26. The van der Waals surface area contributed by atoms with Crippen molar-refractivity contribution in [3.05, 3.63) is 24.0 Å². The van der Waals surface area contributed by atoms with Crippen LogP contribution in [0.5, 0.6) is 5.75 Å². The summed E-state index contributed by atoms with van der Waals surface area (Å²) in [6, 6.07) is 3.15. The van der Waals surface area contributed by atoms with Crippen molar-refractivity contribution in [1.82, 2.24) is 4.98 Å². The molecule has 0 radical (unpaired) electrons. The Hall–Kier alpha value is 0.0564. The average molecular weight is 205 g/mol. The van der Waals surface area contributed by atoms with Gasteiger partial charge in [0.1, 0.15) is 11.4 Å². The summed E-state index contributed by atoms with van der Waals surface area (Å²) in [5, 5.41) is 10.4. The topological polar surface area (TPSA) is 62.2 Å². The van der Waals surface area contributed by atoms with Gasteiger partial charge in [0.05, 0.1) is 12.6 Å². The summed E-state index contributed by atoms with van der Waals surface area (Å²) >= 11 is 0. The van der Waals surface area contributed by atoms with Gasteiger partial charge in [-0.15, -0.1) is 0 Å². The van der Waals surface area contributed by atoms with Gasteiger partial charge in [0.2, 0.25) is 0 Å². The summed E-state index contributed by atoms with van der Waals surface area (Å²) in [6.45, 7) is 2.18. The van der Waals surface area contributed by atoms with Crippen LogP contribution in [0.4, 0.5) is 0 Å². The molecule has 0 atom stereocenters. The van der Waals surface area contributed by atoms with Crippen molar-refractivity contribution in [2.45, 2.75) is 6.92 Å². The fourth-order valence-corrected chi connectivity index (χ4v) is 0.816. The van der Waals surface area contributed by atoms with E-state index in [1.807, 2.05) is 0 Å². The van der Waals surface area contributed by atoms with Crippen LogP contribution in [0.15, 0.2) is 18.3 Å². The molecule has 0 bridgehead atoms. The second kappa shape index (κ2) is 6.50. The van der Waals surface area contributed by atoms with E-state index in [1.165, 1.54) is 6.20 Å². The average Bonchev–Trinajstić information content (AvgIpc) is 2.05. The molecule has 1 heterocycles. The molecule has 0 amide bonds. The number of hydrogen-bond acceptors (Lipinski definition) is 4. The Morgan fingerprint density at radius 2 is 2.38 bits per heavy atom. The fraction of sp³-hybridized carbons (Fsp3) is 0.250. The number of rotatable bonds is 3. The van der Waals surface area contributed by atoms with Crippen molar-refractivity contribution in [1.29, 1.82) is 0 Å². The molecule has 0 N–H and O–H groups in total. The zero-order valence-electron chi connectivity index (χ0n) is 7.61. The Labute approximate surface area is 119 Å². The summed E-state index contributed by atoms with van der Waals surface area (Å²) < 4.78 is 5.01. The molecule has 1 aromatic rings. The van der Waals surface area contributed by atoms with Crippen LogP contribution in [0, 0.1) is 0 Å². The summed E-state index contributed by atoms with van der Waals surface area (Å²) in [7, 11) is 0. The van der Waals surface area contributed by atoms with E-state index in [4.69, 9.17) is 4.74 Å². The molecule has 0 saturated carbocycles. The third kappa shape index (κ3) is 3.74. The van der Waals surface area contributed by atoms with Gasteiger partial charge in [-0.1, -0.05) is 0 Å². The van der Waals surface area contributed by atoms with Crippen molar-refractivity contribution in [3.8, 4) is 5.75 Å². The molecule has 0 unspecified atom stereocenters. The van der Waals surface area contributed by atoms with E-state index < -0.39 is 5.97 Å². The molecule has 64 valence electrons. The van der Waals surface area contributed by atoms with Crippen molar-refractivity contribution < 1.29 is 66.0 Å². The minimum atomic E-state index is -1.32. The molecule has 0 aliphatic rings. The van der Waals surface area contributed by atoms with Crippen molar-refractivity contribution in [2.24, 2.45) is 0 Å². The maximum atomic E-state index is 10.4. The summed E-state index contributed by atoms with van der Waals surface area (Å²) in [6.07, 6.45) is 1.38. The van der Waals surface area contributed by atoms with E-state index in [2.05, 4.69) is 4.98 Å². The molecule has 0 aliphatic heterocycles. The quantitative estimate of drug-likeness (QED) is 0.489. The molecule has 1 rings (SSSR count). The van der Waals surface area contributed by atoms with Crippen LogP contribution in [0.3, 0.4) is 0 Å².